The summed E-state index contributed by atoms with van der Waals surface area (Å²) in [6.45, 7) is 4.36. The Morgan fingerprint density at radius 3 is 2.82 bits per heavy atom. The summed E-state index contributed by atoms with van der Waals surface area (Å²) in [6.07, 6.45) is 2.63. The Balaban J connectivity index is 1.81. The number of carboxylic acid groups (broad SMARTS) is 1. The highest BCUT2D eigenvalue weighted by molar-refractivity contribution is 5.69. The third kappa shape index (κ3) is 3.83. The molecular weight excluding hydrogens is 222 g/mol. The first-order chi connectivity index (χ1) is 8.24. The van der Waals surface area contributed by atoms with E-state index in [2.05, 4.69) is 10.1 Å². The minimum absolute atomic E-state index is 0.135. The van der Waals surface area contributed by atoms with Crippen LogP contribution < -0.4 is 0 Å². The van der Waals surface area contributed by atoms with E-state index in [1.165, 1.54) is 0 Å². The van der Waals surface area contributed by atoms with Crippen molar-refractivity contribution in [2.45, 2.75) is 13.0 Å². The number of rotatable bonds is 4. The summed E-state index contributed by atoms with van der Waals surface area (Å²) in [4.78, 5) is 14.9. The first kappa shape index (κ1) is 12.1. The molecule has 0 saturated carbocycles. The van der Waals surface area contributed by atoms with Crippen molar-refractivity contribution in [1.29, 1.82) is 0 Å². The molecule has 1 aromatic rings. The number of carboxylic acids is 1. The Morgan fingerprint density at radius 1 is 1.35 bits per heavy atom. The van der Waals surface area contributed by atoms with Crippen LogP contribution in [0.1, 0.15) is 12.2 Å². The van der Waals surface area contributed by atoms with Crippen LogP contribution in [0.15, 0.2) is 16.8 Å². The minimum Gasteiger partial charge on any atom is -0.480 e. The Morgan fingerprint density at radius 2 is 2.12 bits per heavy atom. The van der Waals surface area contributed by atoms with Gasteiger partial charge in [-0.25, -0.2) is 0 Å². The molecule has 17 heavy (non-hydrogen) atoms. The lowest BCUT2D eigenvalue weighted by atomic mass is 10.3. The normalized spacial score (nSPS) is 19.1. The fourth-order valence-corrected chi connectivity index (χ4v) is 2.08. The summed E-state index contributed by atoms with van der Waals surface area (Å²) in [5.41, 5.74) is 0. The quantitative estimate of drug-likeness (QED) is 0.813. The number of nitrogens with zero attached hydrogens (tertiary/aromatic N) is 3. The smallest absolute Gasteiger partial charge is 0.317 e. The maximum Gasteiger partial charge on any atom is 0.317 e. The monoisotopic (exact) mass is 239 g/mol. The van der Waals surface area contributed by atoms with E-state index >= 15 is 0 Å². The Bertz CT molecular complexity index is 353. The van der Waals surface area contributed by atoms with Crippen LogP contribution in [-0.2, 0) is 11.3 Å². The molecule has 94 valence electrons. The van der Waals surface area contributed by atoms with E-state index in [1.54, 1.807) is 6.20 Å². The molecule has 0 aromatic carbocycles. The second-order valence-electron chi connectivity index (χ2n) is 4.28. The molecule has 2 rings (SSSR count). The van der Waals surface area contributed by atoms with Crippen molar-refractivity contribution in [2.24, 2.45) is 0 Å². The second kappa shape index (κ2) is 5.79. The maximum absolute atomic E-state index is 10.6. The molecule has 1 fully saturated rings. The zero-order valence-corrected chi connectivity index (χ0v) is 9.71. The van der Waals surface area contributed by atoms with Gasteiger partial charge in [0.25, 0.3) is 0 Å². The van der Waals surface area contributed by atoms with E-state index in [9.17, 15) is 4.79 Å². The number of hydrogen-bond acceptors (Lipinski definition) is 5. The Labute approximate surface area is 99.8 Å². The summed E-state index contributed by atoms with van der Waals surface area (Å²) in [7, 11) is 0. The van der Waals surface area contributed by atoms with E-state index in [1.807, 2.05) is 11.0 Å². The largest absolute Gasteiger partial charge is 0.480 e. The van der Waals surface area contributed by atoms with E-state index in [0.717, 1.165) is 44.9 Å². The van der Waals surface area contributed by atoms with Gasteiger partial charge in [-0.05, 0) is 13.0 Å². The molecule has 0 radical (unpaired) electrons. The molecule has 2 heterocycles. The predicted octanol–water partition coefficient (Wildman–Crippen LogP) is 0.267. The third-order valence-electron chi connectivity index (χ3n) is 2.91. The molecule has 1 aliphatic heterocycles. The molecule has 0 bridgehead atoms. The zero-order chi connectivity index (χ0) is 12.1. The van der Waals surface area contributed by atoms with Crippen LogP contribution in [0.4, 0.5) is 0 Å². The third-order valence-corrected chi connectivity index (χ3v) is 2.91. The lowest BCUT2D eigenvalue weighted by Gasteiger charge is -2.19. The van der Waals surface area contributed by atoms with Crippen molar-refractivity contribution < 1.29 is 14.4 Å². The van der Waals surface area contributed by atoms with Crippen LogP contribution in [0.5, 0.6) is 0 Å². The molecule has 0 atom stereocenters. The zero-order valence-electron chi connectivity index (χ0n) is 9.71. The fourth-order valence-electron chi connectivity index (χ4n) is 2.08. The van der Waals surface area contributed by atoms with Crippen molar-refractivity contribution in [3.8, 4) is 0 Å². The highest BCUT2D eigenvalue weighted by Gasteiger charge is 2.17. The number of hydrogen-bond donors (Lipinski definition) is 1. The molecule has 1 N–H and O–H groups in total. The highest BCUT2D eigenvalue weighted by Crippen LogP contribution is 2.08. The average Bonchev–Trinajstić information content (AvgIpc) is 2.68. The van der Waals surface area contributed by atoms with Gasteiger partial charge in [-0.1, -0.05) is 5.16 Å². The lowest BCUT2D eigenvalue weighted by molar-refractivity contribution is -0.138. The first-order valence-electron chi connectivity index (χ1n) is 5.80. The molecular formula is C11H17N3O3. The van der Waals surface area contributed by atoms with Gasteiger partial charge >= 0.3 is 5.97 Å². The van der Waals surface area contributed by atoms with Crippen LogP contribution in [0, 0.1) is 0 Å². The maximum atomic E-state index is 10.6. The first-order valence-corrected chi connectivity index (χ1v) is 5.80. The summed E-state index contributed by atoms with van der Waals surface area (Å²) in [5.74, 6) is 0.102. The Hall–Kier alpha value is -1.40. The number of aromatic nitrogens is 1. The SMILES string of the molecule is O=C(O)CN1CCCN(Cc2ccno2)CC1. The number of carbonyl (C=O) groups is 1. The van der Waals surface area contributed by atoms with Crippen LogP contribution >= 0.6 is 0 Å². The highest BCUT2D eigenvalue weighted by atomic mass is 16.5. The van der Waals surface area contributed by atoms with Crippen LogP contribution in [0.2, 0.25) is 0 Å². The van der Waals surface area contributed by atoms with Gasteiger partial charge in [0, 0.05) is 25.7 Å². The van der Waals surface area contributed by atoms with Crippen molar-refractivity contribution in [1.82, 2.24) is 15.0 Å². The summed E-state index contributed by atoms with van der Waals surface area (Å²) in [6, 6.07) is 1.86. The van der Waals surface area contributed by atoms with Gasteiger partial charge in [0.15, 0.2) is 5.76 Å². The molecule has 0 aliphatic carbocycles. The van der Waals surface area contributed by atoms with Gasteiger partial charge in [0.1, 0.15) is 0 Å². The minimum atomic E-state index is -0.756. The average molecular weight is 239 g/mol. The summed E-state index contributed by atoms with van der Waals surface area (Å²) >= 11 is 0. The molecule has 1 aliphatic rings. The van der Waals surface area contributed by atoms with Crippen molar-refractivity contribution in [2.75, 3.05) is 32.7 Å². The van der Waals surface area contributed by atoms with E-state index < -0.39 is 5.97 Å². The van der Waals surface area contributed by atoms with Gasteiger partial charge in [-0.15, -0.1) is 0 Å². The fraction of sp³-hybridized carbons (Fsp3) is 0.636. The standard InChI is InChI=1S/C11H17N3O3/c15-11(16)9-14-5-1-4-13(6-7-14)8-10-2-3-12-17-10/h2-3H,1,4-9H2,(H,15,16). The predicted molar refractivity (Wildman–Crippen MR) is 60.5 cm³/mol. The van der Waals surface area contributed by atoms with Crippen molar-refractivity contribution in [3.05, 3.63) is 18.0 Å². The van der Waals surface area contributed by atoms with E-state index in [0.29, 0.717) is 0 Å². The van der Waals surface area contributed by atoms with Gasteiger partial charge in [0.2, 0.25) is 0 Å². The van der Waals surface area contributed by atoms with Gasteiger partial charge < -0.3 is 9.63 Å². The van der Waals surface area contributed by atoms with Gasteiger partial charge in [-0.2, -0.15) is 0 Å². The van der Waals surface area contributed by atoms with Crippen LogP contribution in [0.25, 0.3) is 0 Å². The van der Waals surface area contributed by atoms with Crippen molar-refractivity contribution in [3.63, 3.8) is 0 Å². The number of aliphatic carboxylic acids is 1. The van der Waals surface area contributed by atoms with Crippen LogP contribution in [0.3, 0.4) is 0 Å². The molecule has 1 aromatic heterocycles. The molecule has 0 unspecified atom stereocenters. The van der Waals surface area contributed by atoms with E-state index in [4.69, 9.17) is 9.63 Å². The van der Waals surface area contributed by atoms with Crippen LogP contribution in [-0.4, -0.2) is 58.8 Å². The van der Waals surface area contributed by atoms with Crippen molar-refractivity contribution >= 4 is 5.97 Å². The second-order valence-corrected chi connectivity index (χ2v) is 4.28. The Kier molecular flexibility index (Phi) is 4.11. The molecule has 0 amide bonds. The summed E-state index contributed by atoms with van der Waals surface area (Å²) in [5, 5.41) is 12.4. The molecule has 6 nitrogen and oxygen atoms in total. The van der Waals surface area contributed by atoms with Gasteiger partial charge in [-0.3, -0.25) is 14.6 Å². The lowest BCUT2D eigenvalue weighted by Crippen LogP contribution is -2.33. The molecule has 0 spiro atoms. The molecule has 6 heteroatoms. The molecule has 1 saturated heterocycles. The topological polar surface area (TPSA) is 69.8 Å². The van der Waals surface area contributed by atoms with E-state index in [-0.39, 0.29) is 6.54 Å². The summed E-state index contributed by atoms with van der Waals surface area (Å²) < 4.78 is 5.07. The van der Waals surface area contributed by atoms with Gasteiger partial charge in [0.05, 0.1) is 19.3 Å².